The molecule has 0 aliphatic rings. The molecular weight excluding hydrogens is 314 g/mol. The van der Waals surface area contributed by atoms with Crippen molar-refractivity contribution in [3.05, 3.63) is 95.1 Å². The van der Waals surface area contributed by atoms with Gasteiger partial charge in [-0.15, -0.1) is 0 Å². The van der Waals surface area contributed by atoms with E-state index in [0.29, 0.717) is 11.3 Å². The molecule has 0 radical (unpaired) electrons. The summed E-state index contributed by atoms with van der Waals surface area (Å²) in [5, 5.41) is 12.6. The predicted octanol–water partition coefficient (Wildman–Crippen LogP) is 4.67. The molecule has 0 atom stereocenters. The number of aryl methyl sites for hydroxylation is 1. The van der Waals surface area contributed by atoms with Gasteiger partial charge >= 0.3 is 5.97 Å². The van der Waals surface area contributed by atoms with Crippen molar-refractivity contribution in [2.45, 2.75) is 6.92 Å². The Kier molecular flexibility index (Phi) is 4.61. The largest absolute Gasteiger partial charge is 0.478 e. The van der Waals surface area contributed by atoms with Gasteiger partial charge in [-0.3, -0.25) is 4.79 Å². The summed E-state index contributed by atoms with van der Waals surface area (Å²) in [6, 6.07) is 21.2. The van der Waals surface area contributed by atoms with Gasteiger partial charge in [-0.25, -0.2) is 4.79 Å². The average molecular weight is 331 g/mol. The highest BCUT2D eigenvalue weighted by atomic mass is 16.4. The minimum atomic E-state index is -1.12. The van der Waals surface area contributed by atoms with Crippen LogP contribution in [0.5, 0.6) is 0 Å². The molecule has 124 valence electrons. The third kappa shape index (κ3) is 3.43. The lowest BCUT2D eigenvalue weighted by atomic mass is 9.95. The van der Waals surface area contributed by atoms with E-state index in [-0.39, 0.29) is 16.9 Å². The molecule has 0 aromatic heterocycles. The normalized spacial score (nSPS) is 10.3. The van der Waals surface area contributed by atoms with E-state index in [4.69, 9.17) is 0 Å². The molecule has 3 aromatic carbocycles. The molecule has 0 bridgehead atoms. The Labute approximate surface area is 145 Å². The highest BCUT2D eigenvalue weighted by Gasteiger charge is 2.20. The summed E-state index contributed by atoms with van der Waals surface area (Å²) in [6.07, 6.45) is 0. The van der Waals surface area contributed by atoms with Crippen LogP contribution in [0.2, 0.25) is 0 Å². The first-order valence-corrected chi connectivity index (χ1v) is 7.86. The zero-order chi connectivity index (χ0) is 17.8. The van der Waals surface area contributed by atoms with Gasteiger partial charge in [0.2, 0.25) is 0 Å². The van der Waals surface area contributed by atoms with Crippen LogP contribution < -0.4 is 5.32 Å². The van der Waals surface area contributed by atoms with Crippen LogP contribution in [0.4, 0.5) is 11.4 Å². The third-order valence-electron chi connectivity index (χ3n) is 3.96. The van der Waals surface area contributed by atoms with Gasteiger partial charge in [0.15, 0.2) is 5.78 Å². The Hall–Kier alpha value is -3.40. The van der Waals surface area contributed by atoms with Crippen LogP contribution in [0, 0.1) is 6.92 Å². The maximum atomic E-state index is 13.0. The molecule has 0 amide bonds. The highest BCUT2D eigenvalue weighted by molar-refractivity contribution is 6.17. The highest BCUT2D eigenvalue weighted by Crippen LogP contribution is 2.27. The molecule has 3 rings (SSSR count). The fourth-order valence-corrected chi connectivity index (χ4v) is 2.70. The van der Waals surface area contributed by atoms with Crippen LogP contribution in [0.3, 0.4) is 0 Å². The van der Waals surface area contributed by atoms with Gasteiger partial charge in [0.1, 0.15) is 0 Å². The van der Waals surface area contributed by atoms with E-state index < -0.39 is 5.97 Å². The lowest BCUT2D eigenvalue weighted by molar-refractivity contribution is 0.0693. The molecular formula is C21H17NO3. The number of hydrogen-bond acceptors (Lipinski definition) is 3. The minimum absolute atomic E-state index is 0.000308. The number of para-hydroxylation sites is 2. The predicted molar refractivity (Wildman–Crippen MR) is 97.7 cm³/mol. The minimum Gasteiger partial charge on any atom is -0.478 e. The molecule has 0 unspecified atom stereocenters. The van der Waals surface area contributed by atoms with Crippen molar-refractivity contribution < 1.29 is 14.7 Å². The van der Waals surface area contributed by atoms with E-state index in [1.807, 2.05) is 43.3 Å². The lowest BCUT2D eigenvalue weighted by Gasteiger charge is -2.15. The summed E-state index contributed by atoms with van der Waals surface area (Å²) in [4.78, 5) is 24.5. The van der Waals surface area contributed by atoms with Gasteiger partial charge in [-0.2, -0.15) is 0 Å². The molecule has 0 saturated heterocycles. The summed E-state index contributed by atoms with van der Waals surface area (Å²) in [5.41, 5.74) is 3.06. The van der Waals surface area contributed by atoms with Crippen LogP contribution in [-0.2, 0) is 0 Å². The smallest absolute Gasteiger partial charge is 0.336 e. The third-order valence-corrected chi connectivity index (χ3v) is 3.96. The van der Waals surface area contributed by atoms with Crippen molar-refractivity contribution in [1.29, 1.82) is 0 Å². The van der Waals surface area contributed by atoms with Crippen molar-refractivity contribution in [3.63, 3.8) is 0 Å². The summed E-state index contributed by atoms with van der Waals surface area (Å²) in [6.45, 7) is 1.91. The number of benzene rings is 3. The van der Waals surface area contributed by atoms with Gasteiger partial charge in [-0.05, 0) is 36.8 Å². The second-order valence-electron chi connectivity index (χ2n) is 5.67. The topological polar surface area (TPSA) is 66.4 Å². The van der Waals surface area contributed by atoms with Gasteiger partial charge in [0.25, 0.3) is 0 Å². The van der Waals surface area contributed by atoms with E-state index in [0.717, 1.165) is 11.3 Å². The first-order valence-electron chi connectivity index (χ1n) is 7.86. The molecule has 0 fully saturated rings. The molecule has 0 saturated carbocycles. The maximum absolute atomic E-state index is 13.0. The molecule has 0 heterocycles. The number of aromatic carboxylic acids is 1. The number of carboxylic acid groups (broad SMARTS) is 1. The lowest BCUT2D eigenvalue weighted by Crippen LogP contribution is -2.12. The first-order chi connectivity index (χ1) is 12.1. The molecule has 0 aliphatic heterocycles. The van der Waals surface area contributed by atoms with Crippen LogP contribution >= 0.6 is 0 Å². The SMILES string of the molecule is Cc1cccc(C(=O)c2ccccc2C(=O)O)c1Nc1ccccc1. The molecule has 0 aliphatic carbocycles. The zero-order valence-corrected chi connectivity index (χ0v) is 13.7. The number of rotatable bonds is 5. The Morgan fingerprint density at radius 3 is 2.04 bits per heavy atom. The van der Waals surface area contributed by atoms with Crippen LogP contribution in [0.25, 0.3) is 0 Å². The standard InChI is InChI=1S/C21H17NO3/c1-14-8-7-13-18(19(14)22-15-9-3-2-4-10-15)20(23)16-11-5-6-12-17(16)21(24)25/h2-13,22H,1H3,(H,24,25). The Morgan fingerprint density at radius 2 is 1.36 bits per heavy atom. The molecule has 4 heteroatoms. The first kappa shape index (κ1) is 16.5. The molecule has 4 nitrogen and oxygen atoms in total. The zero-order valence-electron chi connectivity index (χ0n) is 13.7. The molecule has 2 N–H and O–H groups in total. The van der Waals surface area contributed by atoms with Crippen LogP contribution in [-0.4, -0.2) is 16.9 Å². The fraction of sp³-hybridized carbons (Fsp3) is 0.0476. The number of carbonyl (C=O) groups is 2. The quantitative estimate of drug-likeness (QED) is 0.667. The molecule has 25 heavy (non-hydrogen) atoms. The van der Waals surface area contributed by atoms with E-state index in [9.17, 15) is 14.7 Å². The number of ketones is 1. The Bertz CT molecular complexity index is 933. The van der Waals surface area contributed by atoms with E-state index >= 15 is 0 Å². The number of anilines is 2. The summed E-state index contributed by atoms with van der Waals surface area (Å²) in [7, 11) is 0. The van der Waals surface area contributed by atoms with Gasteiger partial charge in [0, 0.05) is 16.8 Å². The van der Waals surface area contributed by atoms with E-state index in [2.05, 4.69) is 5.32 Å². The number of nitrogens with one attached hydrogen (secondary N) is 1. The molecule has 3 aromatic rings. The number of carbonyl (C=O) groups excluding carboxylic acids is 1. The summed E-state index contributed by atoms with van der Waals surface area (Å²) >= 11 is 0. The fourth-order valence-electron chi connectivity index (χ4n) is 2.70. The van der Waals surface area contributed by atoms with Gasteiger partial charge < -0.3 is 10.4 Å². The van der Waals surface area contributed by atoms with E-state index in [1.54, 1.807) is 30.3 Å². The van der Waals surface area contributed by atoms with Crippen LogP contribution in [0.15, 0.2) is 72.8 Å². The second kappa shape index (κ2) is 7.01. The van der Waals surface area contributed by atoms with Crippen LogP contribution in [0.1, 0.15) is 31.8 Å². The Morgan fingerprint density at radius 1 is 0.760 bits per heavy atom. The summed E-state index contributed by atoms with van der Waals surface area (Å²) < 4.78 is 0. The number of carboxylic acids is 1. The Balaban J connectivity index is 2.08. The molecule has 0 spiro atoms. The van der Waals surface area contributed by atoms with Crippen molar-refractivity contribution in [2.24, 2.45) is 0 Å². The van der Waals surface area contributed by atoms with Gasteiger partial charge in [-0.1, -0.05) is 48.5 Å². The average Bonchev–Trinajstić information content (AvgIpc) is 2.63. The van der Waals surface area contributed by atoms with E-state index in [1.165, 1.54) is 6.07 Å². The summed E-state index contributed by atoms with van der Waals surface area (Å²) in [5.74, 6) is -1.44. The number of hydrogen-bond donors (Lipinski definition) is 2. The maximum Gasteiger partial charge on any atom is 0.336 e. The van der Waals surface area contributed by atoms with Crippen molar-refractivity contribution in [3.8, 4) is 0 Å². The second-order valence-corrected chi connectivity index (χ2v) is 5.67. The van der Waals surface area contributed by atoms with Gasteiger partial charge in [0.05, 0.1) is 11.3 Å². The van der Waals surface area contributed by atoms with Crippen molar-refractivity contribution in [1.82, 2.24) is 0 Å². The van der Waals surface area contributed by atoms with Crippen molar-refractivity contribution >= 4 is 23.1 Å². The monoisotopic (exact) mass is 331 g/mol. The van der Waals surface area contributed by atoms with Crippen molar-refractivity contribution in [2.75, 3.05) is 5.32 Å².